The van der Waals surface area contributed by atoms with Crippen LogP contribution >= 0.6 is 0 Å². The second-order valence-electron chi connectivity index (χ2n) is 7.58. The zero-order valence-corrected chi connectivity index (χ0v) is 16.2. The van der Waals surface area contributed by atoms with Gasteiger partial charge in [0, 0.05) is 18.7 Å². The maximum atomic E-state index is 13.1. The number of anilines is 1. The summed E-state index contributed by atoms with van der Waals surface area (Å²) in [5.41, 5.74) is 0.121. The number of carbonyl (C=O) groups excluding carboxylic acids is 1. The van der Waals surface area contributed by atoms with Gasteiger partial charge in [-0.1, -0.05) is 30.3 Å². The summed E-state index contributed by atoms with van der Waals surface area (Å²) in [6.07, 6.45) is -4.21. The van der Waals surface area contributed by atoms with E-state index in [1.165, 1.54) is 18.6 Å². The maximum Gasteiger partial charge on any atom is 0.407 e. The van der Waals surface area contributed by atoms with E-state index in [2.05, 4.69) is 4.85 Å². The van der Waals surface area contributed by atoms with Gasteiger partial charge in [-0.25, -0.2) is 4.85 Å². The number of benzene rings is 2. The van der Waals surface area contributed by atoms with Gasteiger partial charge in [0.1, 0.15) is 5.60 Å². The van der Waals surface area contributed by atoms with Gasteiger partial charge in [-0.2, -0.15) is 13.2 Å². The molecule has 1 heterocycles. The van der Waals surface area contributed by atoms with Crippen LogP contribution in [0.5, 0.6) is 0 Å². The number of fused-ring (bicyclic) bond motifs is 1. The van der Waals surface area contributed by atoms with Crippen LogP contribution in [0.3, 0.4) is 0 Å². The van der Waals surface area contributed by atoms with E-state index in [-0.39, 0.29) is 18.5 Å². The number of hydrogen-bond donors (Lipinski definition) is 1. The number of β-amino-alcohol motifs (C(OH)–C–C–N with tert-alkyl or cyclic N) is 1. The van der Waals surface area contributed by atoms with Crippen LogP contribution in [0, 0.1) is 13.5 Å². The molecule has 2 aromatic rings. The minimum atomic E-state index is -4.68. The zero-order valence-electron chi connectivity index (χ0n) is 16.2. The fourth-order valence-electron chi connectivity index (χ4n) is 3.69. The first-order valence-electron chi connectivity index (χ1n) is 9.19. The second-order valence-corrected chi connectivity index (χ2v) is 7.58. The first-order valence-corrected chi connectivity index (χ1v) is 9.19. The van der Waals surface area contributed by atoms with Crippen LogP contribution in [0.15, 0.2) is 36.4 Å². The molecule has 0 saturated heterocycles. The number of hydrogen-bond acceptors (Lipinski definition) is 3. The molecule has 29 heavy (non-hydrogen) atoms. The van der Waals surface area contributed by atoms with Crippen molar-refractivity contribution in [2.75, 3.05) is 18.0 Å². The summed E-state index contributed by atoms with van der Waals surface area (Å²) in [5, 5.41) is 10.8. The van der Waals surface area contributed by atoms with Crippen molar-refractivity contribution in [1.29, 1.82) is 0 Å². The first kappa shape index (κ1) is 20.9. The molecule has 4 nitrogen and oxygen atoms in total. The molecule has 0 aromatic heterocycles. The summed E-state index contributed by atoms with van der Waals surface area (Å²) >= 11 is 0. The first-order chi connectivity index (χ1) is 13.5. The van der Waals surface area contributed by atoms with Gasteiger partial charge in [0.05, 0.1) is 18.7 Å². The molecule has 152 valence electrons. The standard InChI is InChI=1S/C22H21F3N2O2/c1-14-5-4-6-19-16(14)9-10-27(19)13-21(2,29)20(28)12-15-7-8-18(26-3)17(11-15)22(23,24)25/h4-8,11,29H,9-10,12-13H2,1-2H3/t21-/m0/s1. The molecule has 1 aliphatic rings. The van der Waals surface area contributed by atoms with Crippen LogP contribution in [-0.4, -0.2) is 29.6 Å². The molecule has 0 amide bonds. The van der Waals surface area contributed by atoms with E-state index in [0.29, 0.717) is 6.54 Å². The molecular weight excluding hydrogens is 381 g/mol. The summed E-state index contributed by atoms with van der Waals surface area (Å²) in [6, 6.07) is 9.07. The number of ketones is 1. The topological polar surface area (TPSA) is 44.9 Å². The predicted molar refractivity (Wildman–Crippen MR) is 104 cm³/mol. The molecule has 0 radical (unpaired) electrons. The van der Waals surface area contributed by atoms with Gasteiger partial charge in [-0.05, 0) is 43.0 Å². The van der Waals surface area contributed by atoms with Crippen molar-refractivity contribution in [1.82, 2.24) is 0 Å². The summed E-state index contributed by atoms with van der Waals surface area (Å²) in [6.45, 7) is 11.0. The SMILES string of the molecule is [C-]#[N+]c1ccc(CC(=O)[C@@](C)(O)CN2CCc3c(C)cccc32)cc1C(F)(F)F. The highest BCUT2D eigenvalue weighted by Crippen LogP contribution is 2.37. The highest BCUT2D eigenvalue weighted by atomic mass is 19.4. The Bertz CT molecular complexity index is 991. The number of nitrogens with zero attached hydrogens (tertiary/aromatic N) is 2. The van der Waals surface area contributed by atoms with Crippen LogP contribution in [0.4, 0.5) is 24.5 Å². The number of carbonyl (C=O) groups is 1. The lowest BCUT2D eigenvalue weighted by Gasteiger charge is -2.30. The zero-order chi connectivity index (χ0) is 21.4. The lowest BCUT2D eigenvalue weighted by atomic mass is 9.93. The quantitative estimate of drug-likeness (QED) is 0.750. The molecule has 1 N–H and O–H groups in total. The van der Waals surface area contributed by atoms with Crippen molar-refractivity contribution in [2.45, 2.75) is 38.5 Å². The van der Waals surface area contributed by atoms with Crippen molar-refractivity contribution >= 4 is 17.2 Å². The molecule has 7 heteroatoms. The Morgan fingerprint density at radius 1 is 1.28 bits per heavy atom. The summed E-state index contributed by atoms with van der Waals surface area (Å²) in [5.74, 6) is -0.567. The number of halogens is 3. The minimum absolute atomic E-state index is 0.0640. The lowest BCUT2D eigenvalue weighted by Crippen LogP contribution is -2.47. The largest absolute Gasteiger partial charge is 0.407 e. The van der Waals surface area contributed by atoms with Crippen molar-refractivity contribution in [3.05, 3.63) is 70.1 Å². The van der Waals surface area contributed by atoms with Crippen LogP contribution < -0.4 is 4.90 Å². The second kappa shape index (κ2) is 7.53. The maximum absolute atomic E-state index is 13.1. The van der Waals surface area contributed by atoms with E-state index in [0.717, 1.165) is 29.8 Å². The smallest absolute Gasteiger partial charge is 0.380 e. The molecule has 0 saturated carbocycles. The summed E-state index contributed by atoms with van der Waals surface area (Å²) in [7, 11) is 0. The average molecular weight is 402 g/mol. The molecule has 1 atom stereocenters. The molecule has 0 bridgehead atoms. The third kappa shape index (κ3) is 4.28. The molecular formula is C22H21F3N2O2. The molecule has 3 rings (SSSR count). The van der Waals surface area contributed by atoms with E-state index in [1.54, 1.807) is 0 Å². The van der Waals surface area contributed by atoms with Gasteiger partial charge in [0.2, 0.25) is 0 Å². The summed E-state index contributed by atoms with van der Waals surface area (Å²) in [4.78, 5) is 17.5. The molecule has 0 aliphatic carbocycles. The monoisotopic (exact) mass is 402 g/mol. The molecule has 0 fully saturated rings. The van der Waals surface area contributed by atoms with E-state index >= 15 is 0 Å². The fourth-order valence-corrected chi connectivity index (χ4v) is 3.69. The highest BCUT2D eigenvalue weighted by Gasteiger charge is 2.36. The van der Waals surface area contributed by atoms with Gasteiger partial charge in [0.25, 0.3) is 0 Å². The fraction of sp³-hybridized carbons (Fsp3) is 0.364. The Labute approximate surface area is 167 Å². The Morgan fingerprint density at radius 3 is 2.66 bits per heavy atom. The van der Waals surface area contributed by atoms with Crippen molar-refractivity contribution in [3.63, 3.8) is 0 Å². The van der Waals surface area contributed by atoms with Gasteiger partial charge in [-0.15, -0.1) is 0 Å². The normalized spacial score (nSPS) is 15.6. The number of aryl methyl sites for hydroxylation is 1. The van der Waals surface area contributed by atoms with E-state index in [1.807, 2.05) is 30.0 Å². The van der Waals surface area contributed by atoms with Crippen molar-refractivity contribution in [3.8, 4) is 0 Å². The van der Waals surface area contributed by atoms with Gasteiger partial charge < -0.3 is 10.0 Å². The lowest BCUT2D eigenvalue weighted by molar-refractivity contribution is -0.137. The number of Topliss-reactive ketones (excluding diaryl/α,β-unsaturated/α-hetero) is 1. The molecule has 1 aliphatic heterocycles. The Morgan fingerprint density at radius 2 is 2.00 bits per heavy atom. The van der Waals surface area contributed by atoms with Crippen LogP contribution in [0.1, 0.15) is 29.2 Å². The molecule has 0 unspecified atom stereocenters. The molecule has 0 spiro atoms. The summed E-state index contributed by atoms with van der Waals surface area (Å²) < 4.78 is 39.4. The Balaban J connectivity index is 1.78. The van der Waals surface area contributed by atoms with Gasteiger partial charge >= 0.3 is 6.18 Å². The third-order valence-corrected chi connectivity index (χ3v) is 5.31. The third-order valence-electron chi connectivity index (χ3n) is 5.31. The van der Waals surface area contributed by atoms with E-state index in [9.17, 15) is 23.1 Å². The van der Waals surface area contributed by atoms with Crippen LogP contribution in [0.2, 0.25) is 0 Å². The predicted octanol–water partition coefficient (Wildman–Crippen LogP) is 4.49. The minimum Gasteiger partial charge on any atom is -0.380 e. The van der Waals surface area contributed by atoms with Crippen molar-refractivity contribution < 1.29 is 23.1 Å². The van der Waals surface area contributed by atoms with Crippen LogP contribution in [-0.2, 0) is 23.8 Å². The van der Waals surface area contributed by atoms with E-state index < -0.39 is 28.8 Å². The van der Waals surface area contributed by atoms with Crippen molar-refractivity contribution in [2.24, 2.45) is 0 Å². The average Bonchev–Trinajstić information content (AvgIpc) is 3.04. The Hall–Kier alpha value is -2.85. The van der Waals surface area contributed by atoms with E-state index in [4.69, 9.17) is 6.57 Å². The Kier molecular flexibility index (Phi) is 5.42. The number of alkyl halides is 3. The van der Waals surface area contributed by atoms with Crippen LogP contribution in [0.25, 0.3) is 4.85 Å². The highest BCUT2D eigenvalue weighted by molar-refractivity contribution is 5.89. The van der Waals surface area contributed by atoms with Gasteiger partial charge in [-0.3, -0.25) is 4.79 Å². The number of rotatable bonds is 5. The number of aliphatic hydroxyl groups is 1. The molecule has 2 aromatic carbocycles. The van der Waals surface area contributed by atoms with Gasteiger partial charge in [0.15, 0.2) is 11.5 Å².